The number of aryl methyl sites for hydroxylation is 3. The summed E-state index contributed by atoms with van der Waals surface area (Å²) in [6, 6.07) is 20.2. The predicted octanol–water partition coefficient (Wildman–Crippen LogP) is 9.09. The lowest BCUT2D eigenvalue weighted by Gasteiger charge is -2.11. The summed E-state index contributed by atoms with van der Waals surface area (Å²) in [5, 5.41) is 1.27. The lowest BCUT2D eigenvalue weighted by molar-refractivity contribution is 0.453. The molecule has 0 atom stereocenters. The molecule has 5 heteroatoms. The lowest BCUT2D eigenvalue weighted by Crippen LogP contribution is -1.96. The average Bonchev–Trinajstić information content (AvgIpc) is 2.89. The van der Waals surface area contributed by atoms with Crippen LogP contribution in [0.5, 0.6) is 0 Å². The first-order valence-electron chi connectivity index (χ1n) is 11.9. The van der Waals surface area contributed by atoms with Crippen molar-refractivity contribution in [1.29, 1.82) is 0 Å². The van der Waals surface area contributed by atoms with Gasteiger partial charge >= 0.3 is 0 Å². The molecule has 0 aliphatic rings. The van der Waals surface area contributed by atoms with Gasteiger partial charge in [0.15, 0.2) is 29.1 Å². The second-order valence-electron chi connectivity index (χ2n) is 9.10. The fraction of sp³-hybridized carbons (Fsp3) is 0.161. The lowest BCUT2D eigenvalue weighted by atomic mass is 9.96. The summed E-state index contributed by atoms with van der Waals surface area (Å²) in [6.07, 6.45) is 2.96. The second kappa shape index (κ2) is 9.73. The number of benzene rings is 5. The quantitative estimate of drug-likeness (QED) is 0.164. The van der Waals surface area contributed by atoms with Gasteiger partial charge in [-0.1, -0.05) is 67.9 Å². The van der Waals surface area contributed by atoms with Crippen LogP contribution < -0.4 is 0 Å². The fourth-order valence-electron chi connectivity index (χ4n) is 4.68. The molecule has 0 aromatic heterocycles. The van der Waals surface area contributed by atoms with Crippen LogP contribution in [-0.4, -0.2) is 0 Å². The Morgan fingerprint density at radius 3 is 1.89 bits per heavy atom. The van der Waals surface area contributed by atoms with E-state index in [0.29, 0.717) is 29.2 Å². The van der Waals surface area contributed by atoms with E-state index in [-0.39, 0.29) is 16.3 Å². The Kier molecular flexibility index (Phi) is 6.48. The molecule has 5 rings (SSSR count). The maximum atomic E-state index is 15.0. The van der Waals surface area contributed by atoms with Gasteiger partial charge in [0.25, 0.3) is 0 Å². The molecule has 0 bridgehead atoms. The van der Waals surface area contributed by atoms with Crippen molar-refractivity contribution < 1.29 is 22.0 Å². The van der Waals surface area contributed by atoms with Crippen molar-refractivity contribution in [1.82, 2.24) is 0 Å². The van der Waals surface area contributed by atoms with Gasteiger partial charge in [0.1, 0.15) is 0 Å². The smallest absolute Gasteiger partial charge is 0.195 e. The number of hydrogen-bond donors (Lipinski definition) is 0. The first kappa shape index (κ1) is 24.0. The standard InChI is InChI=1S/C31H23F5/c1-2-3-19-8-12-22-16-26(30(35)29(34)25(22)15-19)21-10-6-18(7-11-21)4-5-20-9-13-24-23(14-20)17-27(32)31(36)28(24)33/h6-17H,2-5H2,1H3. The highest BCUT2D eigenvalue weighted by Gasteiger charge is 2.16. The van der Waals surface area contributed by atoms with Crippen LogP contribution in [0.3, 0.4) is 0 Å². The minimum Gasteiger partial charge on any atom is -0.204 e. The zero-order chi connectivity index (χ0) is 25.4. The van der Waals surface area contributed by atoms with Crippen LogP contribution in [0, 0.1) is 29.1 Å². The summed E-state index contributed by atoms with van der Waals surface area (Å²) >= 11 is 0. The van der Waals surface area contributed by atoms with Gasteiger partial charge < -0.3 is 0 Å². The third kappa shape index (κ3) is 4.46. The van der Waals surface area contributed by atoms with Crippen molar-refractivity contribution in [3.8, 4) is 11.1 Å². The molecule has 0 N–H and O–H groups in total. The van der Waals surface area contributed by atoms with Gasteiger partial charge in [-0.25, -0.2) is 22.0 Å². The van der Waals surface area contributed by atoms with E-state index in [1.807, 2.05) is 31.2 Å². The average molecular weight is 491 g/mol. The molecular weight excluding hydrogens is 467 g/mol. The normalized spacial score (nSPS) is 11.5. The zero-order valence-electron chi connectivity index (χ0n) is 19.6. The van der Waals surface area contributed by atoms with Crippen molar-refractivity contribution in [2.75, 3.05) is 0 Å². The largest absolute Gasteiger partial charge is 0.204 e. The van der Waals surface area contributed by atoms with E-state index < -0.39 is 29.1 Å². The monoisotopic (exact) mass is 490 g/mol. The summed E-state index contributed by atoms with van der Waals surface area (Å²) in [4.78, 5) is 0. The molecule has 0 heterocycles. The highest BCUT2D eigenvalue weighted by molar-refractivity contribution is 5.89. The molecule has 5 aromatic rings. The van der Waals surface area contributed by atoms with Crippen molar-refractivity contribution >= 4 is 21.5 Å². The van der Waals surface area contributed by atoms with Gasteiger partial charge in [-0.15, -0.1) is 0 Å². The third-order valence-electron chi connectivity index (χ3n) is 6.63. The van der Waals surface area contributed by atoms with Crippen molar-refractivity contribution in [3.05, 3.63) is 119 Å². The molecule has 5 aromatic carbocycles. The van der Waals surface area contributed by atoms with Gasteiger partial charge in [-0.2, -0.15) is 0 Å². The Bertz CT molecular complexity index is 1590. The highest BCUT2D eigenvalue weighted by atomic mass is 19.2. The van der Waals surface area contributed by atoms with E-state index in [9.17, 15) is 22.0 Å². The molecule has 0 amide bonds. The van der Waals surface area contributed by atoms with E-state index >= 15 is 0 Å². The summed E-state index contributed by atoms with van der Waals surface area (Å²) in [7, 11) is 0. The number of fused-ring (bicyclic) bond motifs is 2. The minimum atomic E-state index is -1.47. The Hall–Kier alpha value is -3.73. The molecule has 0 aliphatic carbocycles. The molecule has 0 unspecified atom stereocenters. The van der Waals surface area contributed by atoms with Crippen molar-refractivity contribution in [2.45, 2.75) is 32.6 Å². The molecule has 0 nitrogen and oxygen atoms in total. The van der Waals surface area contributed by atoms with Gasteiger partial charge in [0.2, 0.25) is 0 Å². The summed E-state index contributed by atoms with van der Waals surface area (Å²) in [6.45, 7) is 2.04. The third-order valence-corrected chi connectivity index (χ3v) is 6.63. The maximum Gasteiger partial charge on any atom is 0.195 e. The van der Waals surface area contributed by atoms with Crippen LogP contribution in [0.1, 0.15) is 30.0 Å². The van der Waals surface area contributed by atoms with Gasteiger partial charge in [0.05, 0.1) is 0 Å². The molecule has 0 saturated carbocycles. The SMILES string of the molecule is CCCc1ccc2cc(-c3ccc(CCc4ccc5c(F)c(F)c(F)cc5c4)cc3)c(F)c(F)c2c1. The van der Waals surface area contributed by atoms with E-state index in [4.69, 9.17) is 0 Å². The number of rotatable bonds is 6. The summed E-state index contributed by atoms with van der Waals surface area (Å²) in [5.74, 6) is -5.58. The molecule has 36 heavy (non-hydrogen) atoms. The Balaban J connectivity index is 1.36. The van der Waals surface area contributed by atoms with E-state index in [0.717, 1.165) is 35.6 Å². The zero-order valence-corrected chi connectivity index (χ0v) is 19.6. The Morgan fingerprint density at radius 2 is 1.14 bits per heavy atom. The number of hydrogen-bond acceptors (Lipinski definition) is 0. The minimum absolute atomic E-state index is 0.0354. The van der Waals surface area contributed by atoms with E-state index in [1.54, 1.807) is 36.4 Å². The Labute approximate surface area is 206 Å². The van der Waals surface area contributed by atoms with Crippen LogP contribution in [0.2, 0.25) is 0 Å². The molecule has 182 valence electrons. The molecule has 0 saturated heterocycles. The number of halogens is 5. The van der Waals surface area contributed by atoms with Crippen LogP contribution >= 0.6 is 0 Å². The molecular formula is C31H23F5. The maximum absolute atomic E-state index is 15.0. The topological polar surface area (TPSA) is 0 Å². The van der Waals surface area contributed by atoms with Gasteiger partial charge in [-0.05, 0) is 70.5 Å². The summed E-state index contributed by atoms with van der Waals surface area (Å²) < 4.78 is 70.9. The second-order valence-corrected chi connectivity index (χ2v) is 9.10. The van der Waals surface area contributed by atoms with E-state index in [1.165, 1.54) is 6.07 Å². The van der Waals surface area contributed by atoms with Crippen LogP contribution in [0.25, 0.3) is 32.7 Å². The van der Waals surface area contributed by atoms with Crippen LogP contribution in [0.4, 0.5) is 22.0 Å². The predicted molar refractivity (Wildman–Crippen MR) is 135 cm³/mol. The molecule has 0 fully saturated rings. The molecule has 0 aliphatic heterocycles. The Morgan fingerprint density at radius 1 is 0.500 bits per heavy atom. The molecule has 0 radical (unpaired) electrons. The van der Waals surface area contributed by atoms with Crippen LogP contribution in [-0.2, 0) is 19.3 Å². The highest BCUT2D eigenvalue weighted by Crippen LogP contribution is 2.32. The first-order valence-corrected chi connectivity index (χ1v) is 11.9. The van der Waals surface area contributed by atoms with Gasteiger partial charge in [0, 0.05) is 16.3 Å². The van der Waals surface area contributed by atoms with Crippen molar-refractivity contribution in [3.63, 3.8) is 0 Å². The summed E-state index contributed by atoms with van der Waals surface area (Å²) in [5.41, 5.74) is 3.59. The molecule has 0 spiro atoms. The van der Waals surface area contributed by atoms with Crippen molar-refractivity contribution in [2.24, 2.45) is 0 Å². The fourth-order valence-corrected chi connectivity index (χ4v) is 4.68. The van der Waals surface area contributed by atoms with Crippen LogP contribution in [0.15, 0.2) is 72.8 Å². The van der Waals surface area contributed by atoms with Gasteiger partial charge in [-0.3, -0.25) is 0 Å². The first-order chi connectivity index (χ1) is 17.4. The van der Waals surface area contributed by atoms with E-state index in [2.05, 4.69) is 0 Å².